The second-order valence-corrected chi connectivity index (χ2v) is 8.89. The molecular weight excluding hydrogens is 438 g/mol. The highest BCUT2D eigenvalue weighted by Crippen LogP contribution is 2.30. The number of carbonyl (C=O) groups is 1. The number of nitrogens with zero attached hydrogens (tertiary/aromatic N) is 3. The number of sulfonamides is 1. The average molecular weight is 453 g/mol. The summed E-state index contributed by atoms with van der Waals surface area (Å²) in [6.07, 6.45) is 0. The van der Waals surface area contributed by atoms with Crippen molar-refractivity contribution in [3.63, 3.8) is 0 Å². The van der Waals surface area contributed by atoms with Gasteiger partial charge < -0.3 is 4.90 Å². The first-order valence-electron chi connectivity index (χ1n) is 8.70. The molecule has 2 heterocycles. The summed E-state index contributed by atoms with van der Waals surface area (Å²) in [4.78, 5) is 13.5. The van der Waals surface area contributed by atoms with Crippen molar-refractivity contribution in [3.05, 3.63) is 65.3 Å². The lowest BCUT2D eigenvalue weighted by molar-refractivity contribution is -0.113. The molecule has 0 spiro atoms. The van der Waals surface area contributed by atoms with Gasteiger partial charge in [-0.05, 0) is 42.5 Å². The Balaban J connectivity index is 1.77. The van der Waals surface area contributed by atoms with Crippen molar-refractivity contribution in [1.29, 1.82) is 0 Å². The molecule has 7 nitrogen and oxygen atoms in total. The van der Waals surface area contributed by atoms with E-state index in [2.05, 4.69) is 5.10 Å². The van der Waals surface area contributed by atoms with E-state index in [0.717, 1.165) is 4.90 Å². The first-order chi connectivity index (χ1) is 14.0. The van der Waals surface area contributed by atoms with Crippen LogP contribution in [0.1, 0.15) is 10.5 Å². The number of amides is 1. The molecule has 1 aliphatic heterocycles. The molecule has 4 rings (SSSR count). The Hall–Kier alpha value is -2.82. The van der Waals surface area contributed by atoms with Crippen LogP contribution in [-0.2, 0) is 10.0 Å². The van der Waals surface area contributed by atoms with Crippen molar-refractivity contribution >= 4 is 27.5 Å². The minimum Gasteiger partial charge on any atom is -0.325 e. The van der Waals surface area contributed by atoms with Crippen LogP contribution in [0.4, 0.5) is 8.78 Å². The van der Waals surface area contributed by atoms with Crippen LogP contribution in [0.15, 0.2) is 59.5 Å². The fourth-order valence-corrected chi connectivity index (χ4v) is 3.74. The van der Waals surface area contributed by atoms with Crippen molar-refractivity contribution in [2.75, 3.05) is 13.1 Å². The van der Waals surface area contributed by atoms with Crippen LogP contribution in [0, 0.1) is 0 Å². The highest BCUT2D eigenvalue weighted by atomic mass is 35.5. The minimum absolute atomic E-state index is 0.00836. The summed E-state index contributed by atoms with van der Waals surface area (Å²) in [6.45, 7) is -1.31. The molecule has 0 aliphatic carbocycles. The van der Waals surface area contributed by atoms with E-state index in [4.69, 9.17) is 16.7 Å². The van der Waals surface area contributed by atoms with Gasteiger partial charge >= 0.3 is 0 Å². The maximum Gasteiger partial charge on any atom is 0.282 e. The van der Waals surface area contributed by atoms with Gasteiger partial charge in [0.05, 0.1) is 29.4 Å². The predicted octanol–water partition coefficient (Wildman–Crippen LogP) is 2.93. The number of carbonyl (C=O) groups excluding carboxylic acids is 1. The van der Waals surface area contributed by atoms with Crippen molar-refractivity contribution < 1.29 is 22.0 Å². The molecule has 30 heavy (non-hydrogen) atoms. The number of primary sulfonamides is 1. The average Bonchev–Trinajstić information content (AvgIpc) is 3.11. The van der Waals surface area contributed by atoms with E-state index in [1.807, 2.05) is 0 Å². The lowest BCUT2D eigenvalue weighted by Crippen LogP contribution is -2.58. The molecule has 1 amide bonds. The number of nitrogens with two attached hydrogens (primary N) is 1. The zero-order chi connectivity index (χ0) is 21.7. The quantitative estimate of drug-likeness (QED) is 0.658. The van der Waals surface area contributed by atoms with E-state index in [9.17, 15) is 22.0 Å². The molecule has 1 aliphatic rings. The van der Waals surface area contributed by atoms with E-state index in [-0.39, 0.29) is 10.6 Å². The Morgan fingerprint density at radius 2 is 1.67 bits per heavy atom. The molecular formula is C19H15ClF2N4O3S. The second-order valence-electron chi connectivity index (χ2n) is 6.89. The molecule has 1 saturated heterocycles. The Bertz CT molecular complexity index is 1220. The van der Waals surface area contributed by atoms with Crippen LogP contribution in [-0.4, -0.2) is 48.0 Å². The third kappa shape index (κ3) is 3.93. The number of hydrogen-bond acceptors (Lipinski definition) is 4. The van der Waals surface area contributed by atoms with Crippen LogP contribution in [0.2, 0.25) is 5.02 Å². The highest BCUT2D eigenvalue weighted by Gasteiger charge is 2.47. The van der Waals surface area contributed by atoms with Gasteiger partial charge in [0.1, 0.15) is 0 Å². The van der Waals surface area contributed by atoms with Crippen molar-refractivity contribution in [3.8, 4) is 16.9 Å². The van der Waals surface area contributed by atoms with E-state index in [1.54, 1.807) is 24.3 Å². The smallest absolute Gasteiger partial charge is 0.282 e. The van der Waals surface area contributed by atoms with E-state index < -0.39 is 34.9 Å². The summed E-state index contributed by atoms with van der Waals surface area (Å²) in [6, 6.07) is 13.8. The normalized spacial score (nSPS) is 15.7. The number of rotatable bonds is 4. The molecule has 1 aromatic heterocycles. The summed E-state index contributed by atoms with van der Waals surface area (Å²) in [5.41, 5.74) is 1.59. The Labute approximate surface area is 175 Å². The molecule has 11 heteroatoms. The third-order valence-corrected chi connectivity index (χ3v) is 5.79. The number of aromatic nitrogens is 2. The van der Waals surface area contributed by atoms with Crippen LogP contribution in [0.25, 0.3) is 16.9 Å². The van der Waals surface area contributed by atoms with Gasteiger partial charge in [0.15, 0.2) is 5.69 Å². The fraction of sp³-hybridized carbons (Fsp3) is 0.158. The van der Waals surface area contributed by atoms with Gasteiger partial charge in [-0.2, -0.15) is 5.10 Å². The SMILES string of the molecule is NS(=O)(=O)c1ccc(-c2cc(C(=O)N3CC(F)(F)C3)nn2-c2ccc(Cl)cc2)cc1. The summed E-state index contributed by atoms with van der Waals surface area (Å²) >= 11 is 5.94. The van der Waals surface area contributed by atoms with Gasteiger partial charge in [0, 0.05) is 10.6 Å². The lowest BCUT2D eigenvalue weighted by atomic mass is 10.1. The third-order valence-electron chi connectivity index (χ3n) is 4.61. The van der Waals surface area contributed by atoms with Gasteiger partial charge in [0.25, 0.3) is 11.8 Å². The van der Waals surface area contributed by atoms with Gasteiger partial charge in [-0.1, -0.05) is 23.7 Å². The standard InChI is InChI=1S/C19H15ClF2N4O3S/c20-13-3-5-14(6-4-13)26-17(12-1-7-15(8-2-12)30(23,28)29)9-16(24-26)18(27)25-10-19(21,22)11-25/h1-9H,10-11H2,(H2,23,28,29). The molecule has 2 aromatic carbocycles. The van der Waals surface area contributed by atoms with E-state index >= 15 is 0 Å². The zero-order valence-corrected chi connectivity index (χ0v) is 16.9. The van der Waals surface area contributed by atoms with Gasteiger partial charge in [0.2, 0.25) is 10.0 Å². The predicted molar refractivity (Wildman–Crippen MR) is 106 cm³/mol. The maximum absolute atomic E-state index is 13.2. The summed E-state index contributed by atoms with van der Waals surface area (Å²) < 4.78 is 50.8. The monoisotopic (exact) mass is 452 g/mol. The largest absolute Gasteiger partial charge is 0.325 e. The Morgan fingerprint density at radius 3 is 2.20 bits per heavy atom. The van der Waals surface area contributed by atoms with Crippen molar-refractivity contribution in [2.24, 2.45) is 5.14 Å². The van der Waals surface area contributed by atoms with Crippen LogP contribution in [0.5, 0.6) is 0 Å². The van der Waals surface area contributed by atoms with Crippen molar-refractivity contribution in [2.45, 2.75) is 10.8 Å². The fourth-order valence-electron chi connectivity index (χ4n) is 3.10. The zero-order valence-electron chi connectivity index (χ0n) is 15.3. The number of benzene rings is 2. The number of hydrogen-bond donors (Lipinski definition) is 1. The van der Waals surface area contributed by atoms with Crippen LogP contribution >= 0.6 is 11.6 Å². The summed E-state index contributed by atoms with van der Waals surface area (Å²) in [7, 11) is -3.86. The molecule has 0 atom stereocenters. The molecule has 2 N–H and O–H groups in total. The topological polar surface area (TPSA) is 98.3 Å². The molecule has 3 aromatic rings. The van der Waals surface area contributed by atoms with Gasteiger partial charge in [-0.25, -0.2) is 27.0 Å². The number of halogens is 3. The highest BCUT2D eigenvalue weighted by molar-refractivity contribution is 7.89. The first-order valence-corrected chi connectivity index (χ1v) is 10.6. The van der Waals surface area contributed by atoms with E-state index in [0.29, 0.717) is 22.0 Å². The molecule has 0 radical (unpaired) electrons. The van der Waals surface area contributed by atoms with Gasteiger partial charge in [-0.15, -0.1) is 0 Å². The molecule has 0 saturated carbocycles. The molecule has 0 bridgehead atoms. The van der Waals surface area contributed by atoms with Crippen molar-refractivity contribution in [1.82, 2.24) is 14.7 Å². The lowest BCUT2D eigenvalue weighted by Gasteiger charge is -2.38. The number of likely N-dealkylation sites (tertiary alicyclic amines) is 1. The van der Waals surface area contributed by atoms with Crippen LogP contribution in [0.3, 0.4) is 0 Å². The van der Waals surface area contributed by atoms with E-state index in [1.165, 1.54) is 35.0 Å². The first kappa shape index (κ1) is 20.5. The second kappa shape index (κ2) is 7.15. The summed E-state index contributed by atoms with van der Waals surface area (Å²) in [5.74, 6) is -3.50. The van der Waals surface area contributed by atoms with Crippen LogP contribution < -0.4 is 5.14 Å². The molecule has 1 fully saturated rings. The summed E-state index contributed by atoms with van der Waals surface area (Å²) in [5, 5.41) is 9.94. The maximum atomic E-state index is 13.2. The molecule has 0 unspecified atom stereocenters. The molecule has 156 valence electrons. The van der Waals surface area contributed by atoms with Gasteiger partial charge in [-0.3, -0.25) is 4.79 Å². The Morgan fingerprint density at radius 1 is 1.07 bits per heavy atom. The minimum atomic E-state index is -3.86. The number of alkyl halides is 2. The Kier molecular flexibility index (Phi) is 4.88.